The Morgan fingerprint density at radius 3 is 2.54 bits per heavy atom. The maximum Gasteiger partial charge on any atom is 0.214 e. The number of hydrogen-bond donors (Lipinski definition) is 1. The van der Waals surface area contributed by atoms with Crippen LogP contribution in [-0.2, 0) is 13.2 Å². The Morgan fingerprint density at radius 1 is 0.973 bits per heavy atom. The second kappa shape index (κ2) is 16.3. The third kappa shape index (κ3) is 9.36. The summed E-state index contributed by atoms with van der Waals surface area (Å²) in [4.78, 5) is 4.09. The first-order valence-corrected chi connectivity index (χ1v) is 12.8. The maximum atomic E-state index is 5.96. The van der Waals surface area contributed by atoms with Crippen LogP contribution in [-0.4, -0.2) is 44.1 Å². The lowest BCUT2D eigenvalue weighted by Gasteiger charge is -2.14. The van der Waals surface area contributed by atoms with E-state index in [2.05, 4.69) is 25.8 Å². The van der Waals surface area contributed by atoms with Crippen LogP contribution in [0.4, 0.5) is 0 Å². The van der Waals surface area contributed by atoms with E-state index >= 15 is 0 Å². The molecule has 0 spiro atoms. The third-order valence-electron chi connectivity index (χ3n) is 4.99. The standard InChI is InChI=1S/C25H27ClN6O2S.2ClH/c1-2-33-23-15-19(9-11-22(23)34-18-20-10-12-24(26)28-17-20)16-27-13-6-14-35-25-29-30-31-32(25)21-7-4-3-5-8-21;;/h3-5,7-12,15,17,27H,2,6,13-14,16,18H2,1H3;2*1H. The van der Waals surface area contributed by atoms with Gasteiger partial charge in [-0.3, -0.25) is 0 Å². The summed E-state index contributed by atoms with van der Waals surface area (Å²) >= 11 is 7.50. The summed E-state index contributed by atoms with van der Waals surface area (Å²) < 4.78 is 13.5. The van der Waals surface area contributed by atoms with Gasteiger partial charge in [0.2, 0.25) is 5.16 Å². The molecule has 8 nitrogen and oxygen atoms in total. The van der Waals surface area contributed by atoms with Crippen LogP contribution in [0.25, 0.3) is 5.69 Å². The van der Waals surface area contributed by atoms with Gasteiger partial charge in [-0.2, -0.15) is 4.68 Å². The number of nitrogens with zero attached hydrogens (tertiary/aromatic N) is 5. The molecule has 12 heteroatoms. The van der Waals surface area contributed by atoms with E-state index in [4.69, 9.17) is 21.1 Å². The van der Waals surface area contributed by atoms with Crippen molar-refractivity contribution in [2.45, 2.75) is 31.7 Å². The quantitative estimate of drug-likeness (QED) is 0.120. The Morgan fingerprint density at radius 2 is 1.78 bits per heavy atom. The first-order valence-electron chi connectivity index (χ1n) is 11.4. The number of thioether (sulfide) groups is 1. The molecular weight excluding hydrogens is 555 g/mol. The monoisotopic (exact) mass is 582 g/mol. The zero-order valence-electron chi connectivity index (χ0n) is 20.2. The molecule has 0 bridgehead atoms. The van der Waals surface area contributed by atoms with Gasteiger partial charge in [0.15, 0.2) is 11.5 Å². The number of hydrogen-bond acceptors (Lipinski definition) is 8. The number of benzene rings is 2. The van der Waals surface area contributed by atoms with E-state index in [9.17, 15) is 0 Å². The third-order valence-corrected chi connectivity index (χ3v) is 6.22. The van der Waals surface area contributed by atoms with Crippen molar-refractivity contribution in [3.8, 4) is 17.2 Å². The van der Waals surface area contributed by atoms with Crippen LogP contribution in [0.15, 0.2) is 72.0 Å². The van der Waals surface area contributed by atoms with E-state index in [1.165, 1.54) is 0 Å². The van der Waals surface area contributed by atoms with Crippen molar-refractivity contribution in [1.82, 2.24) is 30.5 Å². The molecule has 0 radical (unpaired) electrons. The van der Waals surface area contributed by atoms with Crippen molar-refractivity contribution in [2.24, 2.45) is 0 Å². The summed E-state index contributed by atoms with van der Waals surface area (Å²) in [6.45, 7) is 4.55. The average molecular weight is 584 g/mol. The van der Waals surface area contributed by atoms with Crippen molar-refractivity contribution in [2.75, 3.05) is 18.9 Å². The highest BCUT2D eigenvalue weighted by atomic mass is 35.5. The molecule has 0 atom stereocenters. The highest BCUT2D eigenvalue weighted by Gasteiger charge is 2.09. The Hall–Kier alpha value is -2.56. The van der Waals surface area contributed by atoms with Crippen LogP contribution in [0.3, 0.4) is 0 Å². The van der Waals surface area contributed by atoms with Gasteiger partial charge in [-0.15, -0.1) is 29.9 Å². The number of ether oxygens (including phenoxy) is 2. The molecule has 0 amide bonds. The van der Waals surface area contributed by atoms with Crippen molar-refractivity contribution in [3.05, 3.63) is 83.1 Å². The van der Waals surface area contributed by atoms with Gasteiger partial charge < -0.3 is 14.8 Å². The topological polar surface area (TPSA) is 87.0 Å². The Balaban J connectivity index is 0.00000241. The van der Waals surface area contributed by atoms with E-state index in [1.54, 1.807) is 28.7 Å². The molecule has 0 unspecified atom stereocenters. The summed E-state index contributed by atoms with van der Waals surface area (Å²) in [6.07, 6.45) is 2.70. The molecule has 0 saturated carbocycles. The van der Waals surface area contributed by atoms with E-state index in [1.807, 2.05) is 61.5 Å². The molecule has 4 rings (SSSR count). The van der Waals surface area contributed by atoms with Gasteiger partial charge in [-0.25, -0.2) is 4.98 Å². The highest BCUT2D eigenvalue weighted by Crippen LogP contribution is 2.29. The van der Waals surface area contributed by atoms with Crippen molar-refractivity contribution in [1.29, 1.82) is 0 Å². The van der Waals surface area contributed by atoms with Crippen molar-refractivity contribution in [3.63, 3.8) is 0 Å². The second-order valence-corrected chi connectivity index (χ2v) is 9.03. The zero-order valence-corrected chi connectivity index (χ0v) is 23.5. The number of nitrogens with one attached hydrogen (secondary N) is 1. The number of halogens is 3. The minimum Gasteiger partial charge on any atom is -0.490 e. The summed E-state index contributed by atoms with van der Waals surface area (Å²) in [5.41, 5.74) is 3.04. The van der Waals surface area contributed by atoms with Gasteiger partial charge in [0.1, 0.15) is 11.8 Å². The van der Waals surface area contributed by atoms with Gasteiger partial charge in [0, 0.05) is 24.1 Å². The van der Waals surface area contributed by atoms with Crippen LogP contribution in [0.2, 0.25) is 5.15 Å². The van der Waals surface area contributed by atoms with Crippen LogP contribution in [0.1, 0.15) is 24.5 Å². The second-order valence-electron chi connectivity index (χ2n) is 7.58. The fourth-order valence-corrected chi connectivity index (χ4v) is 4.24. The Kier molecular flexibility index (Phi) is 13.5. The average Bonchev–Trinajstić information content (AvgIpc) is 3.36. The van der Waals surface area contributed by atoms with E-state index in [0.29, 0.717) is 24.1 Å². The molecule has 2 aromatic carbocycles. The van der Waals surface area contributed by atoms with Crippen LogP contribution < -0.4 is 14.8 Å². The molecule has 0 fully saturated rings. The van der Waals surface area contributed by atoms with E-state index in [0.717, 1.165) is 53.0 Å². The first kappa shape index (κ1) is 30.7. The lowest BCUT2D eigenvalue weighted by Crippen LogP contribution is -2.15. The number of pyridine rings is 1. The SMILES string of the molecule is CCOc1cc(CNCCCSc2nnnn2-c2ccccc2)ccc1OCc1ccc(Cl)nc1.Cl.Cl. The summed E-state index contributed by atoms with van der Waals surface area (Å²) in [5.74, 6) is 2.35. The fourth-order valence-electron chi connectivity index (χ4n) is 3.30. The van der Waals surface area contributed by atoms with Crippen molar-refractivity contribution >= 4 is 48.2 Å². The highest BCUT2D eigenvalue weighted by molar-refractivity contribution is 7.99. The zero-order chi connectivity index (χ0) is 24.3. The molecule has 0 aliphatic carbocycles. The van der Waals surface area contributed by atoms with Crippen LogP contribution in [0, 0.1) is 0 Å². The fraction of sp³-hybridized carbons (Fsp3) is 0.280. The van der Waals surface area contributed by atoms with Gasteiger partial charge in [-0.05, 0) is 66.2 Å². The maximum absolute atomic E-state index is 5.96. The number of tetrazole rings is 1. The summed E-state index contributed by atoms with van der Waals surface area (Å²) in [7, 11) is 0. The Labute approximate surface area is 238 Å². The minimum atomic E-state index is 0. The van der Waals surface area contributed by atoms with Crippen LogP contribution in [0.5, 0.6) is 11.5 Å². The molecule has 2 heterocycles. The predicted octanol–water partition coefficient (Wildman–Crippen LogP) is 5.80. The molecule has 198 valence electrons. The van der Waals surface area contributed by atoms with Gasteiger partial charge in [0.05, 0.1) is 12.3 Å². The smallest absolute Gasteiger partial charge is 0.214 e. The lowest BCUT2D eigenvalue weighted by molar-refractivity contribution is 0.269. The van der Waals surface area contributed by atoms with Crippen LogP contribution >= 0.6 is 48.2 Å². The summed E-state index contributed by atoms with van der Waals surface area (Å²) in [6, 6.07) is 19.6. The van der Waals surface area contributed by atoms with Gasteiger partial charge >= 0.3 is 0 Å². The van der Waals surface area contributed by atoms with Gasteiger partial charge in [0.25, 0.3) is 0 Å². The number of aromatic nitrogens is 5. The first-order chi connectivity index (χ1) is 17.2. The number of para-hydroxylation sites is 1. The lowest BCUT2D eigenvalue weighted by atomic mass is 10.2. The molecule has 0 saturated heterocycles. The van der Waals surface area contributed by atoms with Gasteiger partial charge in [-0.1, -0.05) is 53.7 Å². The number of rotatable bonds is 13. The summed E-state index contributed by atoms with van der Waals surface area (Å²) in [5, 5.41) is 16.8. The largest absolute Gasteiger partial charge is 0.490 e. The predicted molar refractivity (Wildman–Crippen MR) is 152 cm³/mol. The van der Waals surface area contributed by atoms with E-state index in [-0.39, 0.29) is 24.8 Å². The minimum absolute atomic E-state index is 0. The van der Waals surface area contributed by atoms with E-state index < -0.39 is 0 Å². The normalized spacial score (nSPS) is 10.3. The molecule has 0 aliphatic rings. The molecule has 37 heavy (non-hydrogen) atoms. The molecule has 0 aliphatic heterocycles. The molecule has 2 aromatic heterocycles. The molecule has 1 N–H and O–H groups in total. The molecule has 4 aromatic rings. The Bertz CT molecular complexity index is 1200. The van der Waals surface area contributed by atoms with Crippen molar-refractivity contribution < 1.29 is 9.47 Å². The molecular formula is C25H29Cl3N6O2S.